The fourth-order valence-corrected chi connectivity index (χ4v) is 3.99. The molecule has 0 saturated carbocycles. The maximum atomic E-state index is 12.7. The number of likely N-dealkylation sites (tertiary alicyclic amines) is 1. The number of nitriles is 1. The summed E-state index contributed by atoms with van der Waals surface area (Å²) in [4.78, 5) is 14.7. The monoisotopic (exact) mass is 349 g/mol. The van der Waals surface area contributed by atoms with E-state index in [0.717, 1.165) is 32.2 Å². The Bertz CT molecular complexity index is 708. The van der Waals surface area contributed by atoms with E-state index in [2.05, 4.69) is 11.6 Å². The molecule has 1 unspecified atom stereocenters. The Morgan fingerprint density at radius 2 is 2.04 bits per heavy atom. The lowest BCUT2D eigenvalue weighted by Crippen LogP contribution is -2.43. The van der Waals surface area contributed by atoms with E-state index >= 15 is 0 Å². The normalized spacial score (nSPS) is 18.2. The second-order valence-electron chi connectivity index (χ2n) is 5.89. The fourth-order valence-electron chi connectivity index (χ4n) is 2.96. The third-order valence-corrected chi connectivity index (χ3v) is 5.78. The Balaban J connectivity index is 2.11. The Kier molecular flexibility index (Phi) is 6.35. The minimum Gasteiger partial charge on any atom is -0.336 e. The van der Waals surface area contributed by atoms with E-state index in [0.29, 0.717) is 5.56 Å². The van der Waals surface area contributed by atoms with Gasteiger partial charge in [0.05, 0.1) is 11.0 Å². The Labute approximate surface area is 143 Å². The predicted molar refractivity (Wildman–Crippen MR) is 90.8 cm³/mol. The highest BCUT2D eigenvalue weighted by molar-refractivity contribution is 7.89. The highest BCUT2D eigenvalue weighted by Crippen LogP contribution is 2.22. The van der Waals surface area contributed by atoms with Gasteiger partial charge in [-0.05, 0) is 49.9 Å². The molecule has 0 aromatic heterocycles. The number of carbonyl (C=O) groups is 1. The van der Waals surface area contributed by atoms with E-state index < -0.39 is 10.0 Å². The lowest BCUT2D eigenvalue weighted by Gasteiger charge is -2.35. The number of hydrogen-bond acceptors (Lipinski definition) is 4. The Morgan fingerprint density at radius 3 is 2.67 bits per heavy atom. The quantitative estimate of drug-likeness (QED) is 0.798. The molecule has 130 valence electrons. The molecule has 1 aliphatic rings. The van der Waals surface area contributed by atoms with Crippen LogP contribution in [0.15, 0.2) is 29.2 Å². The molecule has 2 rings (SSSR count). The summed E-state index contributed by atoms with van der Waals surface area (Å²) in [5.41, 5.74) is 0.506. The van der Waals surface area contributed by atoms with Crippen LogP contribution in [0.3, 0.4) is 0 Å². The van der Waals surface area contributed by atoms with E-state index in [4.69, 9.17) is 5.26 Å². The molecular weight excluding hydrogens is 326 g/mol. The van der Waals surface area contributed by atoms with Crippen molar-refractivity contribution in [3.63, 3.8) is 0 Å². The second-order valence-corrected chi connectivity index (χ2v) is 7.65. The average Bonchev–Trinajstić information content (AvgIpc) is 2.61. The molecule has 1 amide bonds. The van der Waals surface area contributed by atoms with Crippen molar-refractivity contribution in [1.29, 1.82) is 5.26 Å². The molecule has 0 bridgehead atoms. The van der Waals surface area contributed by atoms with Crippen molar-refractivity contribution in [1.82, 2.24) is 9.62 Å². The van der Waals surface area contributed by atoms with Crippen molar-refractivity contribution in [2.75, 3.05) is 13.1 Å². The second kappa shape index (κ2) is 8.27. The number of amides is 1. The van der Waals surface area contributed by atoms with Crippen molar-refractivity contribution in [2.24, 2.45) is 0 Å². The van der Waals surface area contributed by atoms with Crippen molar-refractivity contribution in [3.8, 4) is 6.07 Å². The van der Waals surface area contributed by atoms with Crippen molar-refractivity contribution in [3.05, 3.63) is 29.8 Å². The van der Waals surface area contributed by atoms with Gasteiger partial charge in [-0.15, -0.1) is 0 Å². The molecule has 1 N–H and O–H groups in total. The van der Waals surface area contributed by atoms with Gasteiger partial charge >= 0.3 is 0 Å². The van der Waals surface area contributed by atoms with Crippen LogP contribution in [-0.2, 0) is 10.0 Å². The lowest BCUT2D eigenvalue weighted by molar-refractivity contribution is 0.0608. The van der Waals surface area contributed by atoms with Crippen LogP contribution in [0, 0.1) is 11.3 Å². The summed E-state index contributed by atoms with van der Waals surface area (Å²) in [6.07, 6.45) is 4.23. The van der Waals surface area contributed by atoms with E-state index in [9.17, 15) is 13.2 Å². The van der Waals surface area contributed by atoms with Crippen LogP contribution in [0.5, 0.6) is 0 Å². The third-order valence-electron chi connectivity index (χ3n) is 4.30. The van der Waals surface area contributed by atoms with Crippen molar-refractivity contribution in [2.45, 2.75) is 50.0 Å². The van der Waals surface area contributed by atoms with E-state index in [-0.39, 0.29) is 29.8 Å². The lowest BCUT2D eigenvalue weighted by atomic mass is 9.99. The molecule has 1 atom stereocenters. The summed E-state index contributed by atoms with van der Waals surface area (Å²) in [5.74, 6) is -0.0389. The minimum atomic E-state index is -3.64. The number of carbonyl (C=O) groups excluding carboxylic acids is 1. The first-order valence-electron chi connectivity index (χ1n) is 8.27. The maximum Gasteiger partial charge on any atom is 0.254 e. The standard InChI is InChI=1S/C17H23N3O3S/c1-2-15-6-3-4-13-20(15)17(21)14-7-9-16(10-8-14)24(22,23)19-12-5-11-18/h7-10,15,19H,2-6,12-13H2,1H3. The first-order chi connectivity index (χ1) is 11.5. The van der Waals surface area contributed by atoms with Gasteiger partial charge in [-0.3, -0.25) is 4.79 Å². The summed E-state index contributed by atoms with van der Waals surface area (Å²) in [5, 5.41) is 8.47. The topological polar surface area (TPSA) is 90.3 Å². The smallest absolute Gasteiger partial charge is 0.254 e. The van der Waals surface area contributed by atoms with Crippen LogP contribution in [0.1, 0.15) is 49.4 Å². The molecule has 1 heterocycles. The van der Waals surface area contributed by atoms with Gasteiger partial charge in [-0.2, -0.15) is 5.26 Å². The van der Waals surface area contributed by atoms with E-state index in [1.807, 2.05) is 11.0 Å². The number of rotatable bonds is 6. The predicted octanol–water partition coefficient (Wildman–Crippen LogP) is 2.28. The zero-order chi connectivity index (χ0) is 17.6. The molecule has 1 saturated heterocycles. The number of hydrogen-bond donors (Lipinski definition) is 1. The van der Waals surface area contributed by atoms with Crippen molar-refractivity contribution >= 4 is 15.9 Å². The summed E-state index contributed by atoms with van der Waals surface area (Å²) < 4.78 is 26.5. The Morgan fingerprint density at radius 1 is 1.33 bits per heavy atom. The molecular formula is C17H23N3O3S. The number of sulfonamides is 1. The van der Waals surface area contributed by atoms with Crippen LogP contribution in [0.25, 0.3) is 0 Å². The molecule has 24 heavy (non-hydrogen) atoms. The molecule has 7 heteroatoms. The minimum absolute atomic E-state index is 0.0389. The summed E-state index contributed by atoms with van der Waals surface area (Å²) >= 11 is 0. The molecule has 0 aliphatic carbocycles. The molecule has 0 spiro atoms. The van der Waals surface area contributed by atoms with E-state index in [1.165, 1.54) is 12.1 Å². The molecule has 0 radical (unpaired) electrons. The molecule has 6 nitrogen and oxygen atoms in total. The van der Waals surface area contributed by atoms with Crippen LogP contribution in [-0.4, -0.2) is 38.4 Å². The van der Waals surface area contributed by atoms with Gasteiger partial charge in [0.15, 0.2) is 0 Å². The highest BCUT2D eigenvalue weighted by atomic mass is 32.2. The summed E-state index contributed by atoms with van der Waals surface area (Å²) in [6, 6.07) is 8.14. The summed E-state index contributed by atoms with van der Waals surface area (Å²) in [7, 11) is -3.64. The van der Waals surface area contributed by atoms with Gasteiger partial charge in [-0.25, -0.2) is 13.1 Å². The number of nitrogens with zero attached hydrogens (tertiary/aromatic N) is 2. The van der Waals surface area contributed by atoms with Gasteiger partial charge in [0.2, 0.25) is 10.0 Å². The molecule has 1 fully saturated rings. The number of piperidine rings is 1. The van der Waals surface area contributed by atoms with Gasteiger partial charge < -0.3 is 4.90 Å². The van der Waals surface area contributed by atoms with E-state index in [1.54, 1.807) is 12.1 Å². The first-order valence-corrected chi connectivity index (χ1v) is 9.75. The fraction of sp³-hybridized carbons (Fsp3) is 0.529. The first kappa shape index (κ1) is 18.4. The average molecular weight is 349 g/mol. The van der Waals surface area contributed by atoms with Crippen LogP contribution in [0.2, 0.25) is 0 Å². The summed E-state index contributed by atoms with van der Waals surface area (Å²) in [6.45, 7) is 2.91. The maximum absolute atomic E-state index is 12.7. The number of benzene rings is 1. The van der Waals surface area contributed by atoms with Gasteiger partial charge in [0, 0.05) is 31.1 Å². The molecule has 1 aromatic carbocycles. The third kappa shape index (κ3) is 4.34. The van der Waals surface area contributed by atoms with Crippen LogP contribution < -0.4 is 4.72 Å². The SMILES string of the molecule is CCC1CCCCN1C(=O)c1ccc(S(=O)(=O)NCCC#N)cc1. The van der Waals surface area contributed by atoms with Crippen molar-refractivity contribution < 1.29 is 13.2 Å². The van der Waals surface area contributed by atoms with Gasteiger partial charge in [0.1, 0.15) is 0 Å². The Hall–Kier alpha value is -1.91. The largest absolute Gasteiger partial charge is 0.336 e. The van der Waals surface area contributed by atoms with Gasteiger partial charge in [0.25, 0.3) is 5.91 Å². The van der Waals surface area contributed by atoms with Crippen LogP contribution in [0.4, 0.5) is 0 Å². The zero-order valence-electron chi connectivity index (χ0n) is 13.9. The van der Waals surface area contributed by atoms with Gasteiger partial charge in [-0.1, -0.05) is 6.92 Å². The number of nitrogens with one attached hydrogen (secondary N) is 1. The van der Waals surface area contributed by atoms with Crippen LogP contribution >= 0.6 is 0 Å². The zero-order valence-corrected chi connectivity index (χ0v) is 14.7. The molecule has 1 aliphatic heterocycles. The highest BCUT2D eigenvalue weighted by Gasteiger charge is 2.26. The molecule has 1 aromatic rings.